The number of ether oxygens (including phenoxy) is 1. The second kappa shape index (κ2) is 7.51. The topological polar surface area (TPSA) is 75.7 Å². The van der Waals surface area contributed by atoms with Crippen LogP contribution in [0.4, 0.5) is 0 Å². The average molecular weight is 361 g/mol. The molecule has 1 amide bonds. The molecule has 6 nitrogen and oxygen atoms in total. The van der Waals surface area contributed by atoms with Crippen LogP contribution in [0.25, 0.3) is 0 Å². The van der Waals surface area contributed by atoms with Crippen LogP contribution in [0, 0.1) is 5.92 Å². The Morgan fingerprint density at radius 2 is 2.22 bits per heavy atom. The van der Waals surface area contributed by atoms with E-state index >= 15 is 0 Å². The lowest BCUT2D eigenvalue weighted by Crippen LogP contribution is -2.45. The van der Waals surface area contributed by atoms with Crippen molar-refractivity contribution in [3.63, 3.8) is 0 Å². The maximum atomic E-state index is 12.8. The number of carbonyl (C=O) groups excluding carboxylic acids is 1. The molecule has 1 aromatic rings. The second-order valence-corrected chi connectivity index (χ2v) is 7.74. The Hall–Kier alpha value is -1.31. The van der Waals surface area contributed by atoms with Gasteiger partial charge in [0.2, 0.25) is 15.9 Å². The van der Waals surface area contributed by atoms with Gasteiger partial charge in [-0.25, -0.2) is 8.42 Å². The summed E-state index contributed by atoms with van der Waals surface area (Å²) in [6, 6.07) is 4.38. The predicted molar refractivity (Wildman–Crippen MR) is 88.2 cm³/mol. The van der Waals surface area contributed by atoms with Gasteiger partial charge in [0.25, 0.3) is 0 Å². The lowest BCUT2D eigenvalue weighted by Gasteiger charge is -2.31. The fourth-order valence-electron chi connectivity index (χ4n) is 2.65. The van der Waals surface area contributed by atoms with Gasteiger partial charge in [0.1, 0.15) is 5.75 Å². The van der Waals surface area contributed by atoms with E-state index in [9.17, 15) is 13.2 Å². The number of hydrogen-bond acceptors (Lipinski definition) is 4. The summed E-state index contributed by atoms with van der Waals surface area (Å²) in [5.74, 6) is 0.0109. The molecule has 8 heteroatoms. The molecule has 0 aliphatic carbocycles. The first-order valence-corrected chi connectivity index (χ1v) is 9.33. The number of rotatable bonds is 5. The Kier molecular flexibility index (Phi) is 5.89. The van der Waals surface area contributed by atoms with E-state index < -0.39 is 10.0 Å². The van der Waals surface area contributed by atoms with Gasteiger partial charge < -0.3 is 10.1 Å². The van der Waals surface area contributed by atoms with Gasteiger partial charge in [0, 0.05) is 19.6 Å². The lowest BCUT2D eigenvalue weighted by molar-refractivity contribution is -0.125. The lowest BCUT2D eigenvalue weighted by atomic mass is 9.99. The number of sulfonamides is 1. The third-order valence-electron chi connectivity index (χ3n) is 3.87. The summed E-state index contributed by atoms with van der Waals surface area (Å²) in [4.78, 5) is 12.1. The number of methoxy groups -OCH3 is 1. The van der Waals surface area contributed by atoms with Gasteiger partial charge in [-0.1, -0.05) is 11.6 Å². The van der Waals surface area contributed by atoms with Crippen molar-refractivity contribution in [2.75, 3.05) is 26.7 Å². The summed E-state index contributed by atoms with van der Waals surface area (Å²) in [6.07, 6.45) is 1.35. The number of benzene rings is 1. The van der Waals surface area contributed by atoms with Crippen LogP contribution in [0.3, 0.4) is 0 Å². The van der Waals surface area contributed by atoms with Crippen LogP contribution in [-0.4, -0.2) is 45.4 Å². The summed E-state index contributed by atoms with van der Waals surface area (Å²) in [7, 11) is -2.21. The molecule has 1 aliphatic rings. The molecule has 1 aromatic carbocycles. The van der Waals surface area contributed by atoms with E-state index in [0.29, 0.717) is 31.7 Å². The van der Waals surface area contributed by atoms with E-state index in [-0.39, 0.29) is 28.3 Å². The zero-order valence-electron chi connectivity index (χ0n) is 13.2. The monoisotopic (exact) mass is 360 g/mol. The fraction of sp³-hybridized carbons (Fsp3) is 0.533. The Morgan fingerprint density at radius 1 is 1.48 bits per heavy atom. The van der Waals surface area contributed by atoms with Crippen molar-refractivity contribution in [1.82, 2.24) is 9.62 Å². The molecule has 0 unspecified atom stereocenters. The van der Waals surface area contributed by atoms with E-state index in [4.69, 9.17) is 16.3 Å². The summed E-state index contributed by atoms with van der Waals surface area (Å²) in [6.45, 7) is 2.98. The van der Waals surface area contributed by atoms with Crippen LogP contribution < -0.4 is 10.1 Å². The van der Waals surface area contributed by atoms with Crippen LogP contribution >= 0.6 is 11.6 Å². The van der Waals surface area contributed by atoms with Crippen molar-refractivity contribution in [3.8, 4) is 5.75 Å². The summed E-state index contributed by atoms with van der Waals surface area (Å²) < 4.78 is 31.9. The van der Waals surface area contributed by atoms with Crippen LogP contribution in [0.2, 0.25) is 5.02 Å². The first-order chi connectivity index (χ1) is 10.9. The van der Waals surface area contributed by atoms with E-state index in [2.05, 4.69) is 5.32 Å². The van der Waals surface area contributed by atoms with Gasteiger partial charge in [-0.15, -0.1) is 0 Å². The quantitative estimate of drug-likeness (QED) is 0.870. The molecule has 1 fully saturated rings. The van der Waals surface area contributed by atoms with Crippen molar-refractivity contribution >= 4 is 27.5 Å². The third kappa shape index (κ3) is 3.97. The smallest absolute Gasteiger partial charge is 0.243 e. The molecule has 1 saturated heterocycles. The number of nitrogens with zero attached hydrogens (tertiary/aromatic N) is 1. The Bertz CT molecular complexity index is 678. The molecule has 1 aliphatic heterocycles. The second-order valence-electron chi connectivity index (χ2n) is 5.39. The molecule has 128 valence electrons. The highest BCUT2D eigenvalue weighted by Gasteiger charge is 2.33. The molecule has 1 heterocycles. The minimum atomic E-state index is -3.68. The number of halogens is 1. The van der Waals surface area contributed by atoms with Gasteiger partial charge in [-0.3, -0.25) is 4.79 Å². The zero-order chi connectivity index (χ0) is 17.0. The minimum absolute atomic E-state index is 0.0971. The number of piperidine rings is 1. The molecule has 0 bridgehead atoms. The fourth-order valence-corrected chi connectivity index (χ4v) is 4.52. The molecule has 1 atom stereocenters. The first-order valence-electron chi connectivity index (χ1n) is 7.51. The zero-order valence-corrected chi connectivity index (χ0v) is 14.8. The molecule has 0 aromatic heterocycles. The van der Waals surface area contributed by atoms with Crippen LogP contribution in [-0.2, 0) is 14.8 Å². The normalized spacial score (nSPS) is 19.3. The summed E-state index contributed by atoms with van der Waals surface area (Å²) >= 11 is 6.02. The van der Waals surface area contributed by atoms with E-state index in [1.807, 2.05) is 6.92 Å². The van der Waals surface area contributed by atoms with Crippen molar-refractivity contribution in [2.45, 2.75) is 24.7 Å². The molecular weight excluding hydrogens is 340 g/mol. The maximum absolute atomic E-state index is 12.8. The van der Waals surface area contributed by atoms with Gasteiger partial charge in [-0.2, -0.15) is 4.31 Å². The number of carbonyl (C=O) groups is 1. The van der Waals surface area contributed by atoms with Crippen LogP contribution in [0.5, 0.6) is 5.75 Å². The predicted octanol–water partition coefficient (Wildman–Crippen LogP) is 1.89. The molecule has 0 radical (unpaired) electrons. The highest BCUT2D eigenvalue weighted by molar-refractivity contribution is 7.89. The molecular formula is C15H21ClN2O4S. The highest BCUT2D eigenvalue weighted by Crippen LogP contribution is 2.30. The van der Waals surface area contributed by atoms with Gasteiger partial charge in [0.05, 0.1) is 22.9 Å². The van der Waals surface area contributed by atoms with Crippen molar-refractivity contribution < 1.29 is 17.9 Å². The number of hydrogen-bond donors (Lipinski definition) is 1. The first kappa shape index (κ1) is 18.0. The van der Waals surface area contributed by atoms with Gasteiger partial charge in [0.15, 0.2) is 0 Å². The minimum Gasteiger partial charge on any atom is -0.495 e. The van der Waals surface area contributed by atoms with Crippen LogP contribution in [0.1, 0.15) is 19.8 Å². The Balaban J connectivity index is 2.21. The van der Waals surface area contributed by atoms with Crippen molar-refractivity contribution in [1.29, 1.82) is 0 Å². The Morgan fingerprint density at radius 3 is 2.83 bits per heavy atom. The molecule has 2 rings (SSSR count). The number of amides is 1. The van der Waals surface area contributed by atoms with Gasteiger partial charge >= 0.3 is 0 Å². The van der Waals surface area contributed by atoms with Gasteiger partial charge in [-0.05, 0) is 38.0 Å². The Labute approximate surface area is 141 Å². The van der Waals surface area contributed by atoms with Crippen LogP contribution in [0.15, 0.2) is 23.1 Å². The van der Waals surface area contributed by atoms with E-state index in [1.165, 1.54) is 29.6 Å². The van der Waals surface area contributed by atoms with Crippen molar-refractivity contribution in [2.24, 2.45) is 5.92 Å². The highest BCUT2D eigenvalue weighted by atomic mass is 35.5. The SMILES string of the molecule is CCNC(=O)[C@H]1CCCN(S(=O)(=O)c2ccc(OC)c(Cl)c2)C1. The van der Waals surface area contributed by atoms with Crippen molar-refractivity contribution in [3.05, 3.63) is 23.2 Å². The summed E-state index contributed by atoms with van der Waals surface area (Å²) in [5, 5.41) is 2.99. The molecule has 0 spiro atoms. The molecule has 23 heavy (non-hydrogen) atoms. The van der Waals surface area contributed by atoms with E-state index in [1.54, 1.807) is 0 Å². The maximum Gasteiger partial charge on any atom is 0.243 e. The standard InChI is InChI=1S/C15H21ClN2O4S/c1-3-17-15(19)11-5-4-8-18(10-11)23(20,21)12-6-7-14(22-2)13(16)9-12/h6-7,9,11H,3-5,8,10H2,1-2H3,(H,17,19)/t11-/m0/s1. The summed E-state index contributed by atoms with van der Waals surface area (Å²) in [5.41, 5.74) is 0. The largest absolute Gasteiger partial charge is 0.495 e. The average Bonchev–Trinajstić information content (AvgIpc) is 2.55. The molecule has 0 saturated carbocycles. The molecule has 1 N–H and O–H groups in total. The third-order valence-corrected chi connectivity index (χ3v) is 6.02. The number of nitrogens with one attached hydrogen (secondary N) is 1. The van der Waals surface area contributed by atoms with E-state index in [0.717, 1.165) is 0 Å².